The van der Waals surface area contributed by atoms with Crippen LogP contribution in [0.3, 0.4) is 0 Å². The summed E-state index contributed by atoms with van der Waals surface area (Å²) < 4.78 is 17.0. The Morgan fingerprint density at radius 1 is 1.03 bits per heavy atom. The summed E-state index contributed by atoms with van der Waals surface area (Å²) in [5.74, 6) is 0.703. The van der Waals surface area contributed by atoms with Gasteiger partial charge in [-0.15, -0.1) is 11.3 Å². The summed E-state index contributed by atoms with van der Waals surface area (Å²) in [5.41, 5.74) is 3.45. The Kier molecular flexibility index (Phi) is 5.95. The van der Waals surface area contributed by atoms with Crippen molar-refractivity contribution >= 4 is 71.9 Å². The SMILES string of the molecule is Oc1ccc(Br)cc1C=Nc1ccc2nc(SCc3ccc(F)c4ccccc34)sc2c1. The van der Waals surface area contributed by atoms with Gasteiger partial charge in [-0.25, -0.2) is 9.37 Å². The number of phenols is 1. The quantitative estimate of drug-likeness (QED) is 0.187. The molecule has 5 rings (SSSR count). The molecule has 1 N–H and O–H groups in total. The molecule has 0 aliphatic heterocycles. The van der Waals surface area contributed by atoms with E-state index in [1.807, 2.05) is 54.6 Å². The van der Waals surface area contributed by atoms with Crippen molar-refractivity contribution in [3.8, 4) is 5.75 Å². The third kappa shape index (κ3) is 4.41. The van der Waals surface area contributed by atoms with Gasteiger partial charge in [-0.05, 0) is 53.4 Å². The Morgan fingerprint density at radius 3 is 2.75 bits per heavy atom. The van der Waals surface area contributed by atoms with Gasteiger partial charge in [-0.3, -0.25) is 4.99 Å². The molecule has 0 amide bonds. The second-order valence-electron chi connectivity index (χ2n) is 7.13. The minimum absolute atomic E-state index is 0.183. The lowest BCUT2D eigenvalue weighted by Gasteiger charge is -2.06. The number of thiazole rings is 1. The minimum Gasteiger partial charge on any atom is -0.507 e. The molecular formula is C25H16BrFN2OS2. The van der Waals surface area contributed by atoms with Gasteiger partial charge in [0.15, 0.2) is 4.34 Å². The fraction of sp³-hybridized carbons (Fsp3) is 0.0400. The fourth-order valence-corrected chi connectivity index (χ4v) is 5.88. The maximum absolute atomic E-state index is 14.1. The Labute approximate surface area is 200 Å². The van der Waals surface area contributed by atoms with Crippen molar-refractivity contribution in [2.24, 2.45) is 4.99 Å². The molecule has 5 aromatic rings. The second-order valence-corrected chi connectivity index (χ2v) is 10.3. The highest BCUT2D eigenvalue weighted by Gasteiger charge is 2.09. The number of phenolic OH excluding ortho intramolecular Hbond substituents is 1. The monoisotopic (exact) mass is 522 g/mol. The molecule has 0 saturated heterocycles. The zero-order valence-electron chi connectivity index (χ0n) is 16.6. The molecule has 7 heteroatoms. The first kappa shape index (κ1) is 21.1. The van der Waals surface area contributed by atoms with Crippen LogP contribution < -0.4 is 0 Å². The Balaban J connectivity index is 1.36. The highest BCUT2D eigenvalue weighted by molar-refractivity contribution is 9.10. The Morgan fingerprint density at radius 2 is 1.88 bits per heavy atom. The van der Waals surface area contributed by atoms with Crippen LogP contribution in [0.15, 0.2) is 86.6 Å². The van der Waals surface area contributed by atoms with E-state index in [9.17, 15) is 9.50 Å². The van der Waals surface area contributed by atoms with E-state index in [4.69, 9.17) is 4.98 Å². The third-order valence-electron chi connectivity index (χ3n) is 5.01. The average molecular weight is 523 g/mol. The molecule has 0 radical (unpaired) electrons. The molecule has 0 aliphatic rings. The van der Waals surface area contributed by atoms with Crippen LogP contribution in [0.2, 0.25) is 0 Å². The van der Waals surface area contributed by atoms with Crippen LogP contribution in [0, 0.1) is 5.82 Å². The predicted octanol–water partition coefficient (Wildman–Crippen LogP) is 8.10. The number of halogens is 2. The molecule has 4 aromatic carbocycles. The summed E-state index contributed by atoms with van der Waals surface area (Å²) in [6.45, 7) is 0. The first-order valence-corrected chi connectivity index (χ1v) is 12.4. The summed E-state index contributed by atoms with van der Waals surface area (Å²) in [6.07, 6.45) is 1.65. The summed E-state index contributed by atoms with van der Waals surface area (Å²) in [7, 11) is 0. The van der Waals surface area contributed by atoms with Crippen molar-refractivity contribution < 1.29 is 9.50 Å². The van der Waals surface area contributed by atoms with E-state index in [-0.39, 0.29) is 11.6 Å². The molecule has 0 spiro atoms. The van der Waals surface area contributed by atoms with Crippen molar-refractivity contribution in [2.75, 3.05) is 0 Å². The lowest BCUT2D eigenvalue weighted by Crippen LogP contribution is -1.87. The van der Waals surface area contributed by atoms with Crippen LogP contribution in [0.5, 0.6) is 5.75 Å². The van der Waals surface area contributed by atoms with Gasteiger partial charge in [0.1, 0.15) is 11.6 Å². The molecule has 32 heavy (non-hydrogen) atoms. The number of thioether (sulfide) groups is 1. The summed E-state index contributed by atoms with van der Waals surface area (Å²) >= 11 is 6.67. The van der Waals surface area contributed by atoms with Crippen molar-refractivity contribution in [3.63, 3.8) is 0 Å². The Hall–Kier alpha value is -2.74. The van der Waals surface area contributed by atoms with E-state index in [1.54, 1.807) is 41.4 Å². The van der Waals surface area contributed by atoms with Gasteiger partial charge in [0, 0.05) is 27.4 Å². The van der Waals surface area contributed by atoms with Gasteiger partial charge in [0.2, 0.25) is 0 Å². The molecule has 0 unspecified atom stereocenters. The fourth-order valence-electron chi connectivity index (χ4n) is 3.40. The molecule has 1 heterocycles. The van der Waals surface area contributed by atoms with E-state index in [2.05, 4.69) is 20.9 Å². The van der Waals surface area contributed by atoms with E-state index >= 15 is 0 Å². The number of hydrogen-bond acceptors (Lipinski definition) is 5. The van der Waals surface area contributed by atoms with E-state index < -0.39 is 0 Å². The normalized spacial score (nSPS) is 11.7. The molecule has 0 atom stereocenters. The maximum atomic E-state index is 14.1. The number of hydrogen-bond donors (Lipinski definition) is 1. The van der Waals surface area contributed by atoms with Crippen LogP contribution >= 0.6 is 39.0 Å². The molecule has 0 aliphatic carbocycles. The standard InChI is InChI=1S/C25H16BrFN2OS2/c26-17-6-10-23(30)16(11-17)13-28-18-7-9-22-24(12-18)32-25(29-22)31-14-15-5-8-21(27)20-4-2-1-3-19(15)20/h1-13,30H,14H2. The highest BCUT2D eigenvalue weighted by Crippen LogP contribution is 2.35. The molecule has 1 aromatic heterocycles. The van der Waals surface area contributed by atoms with Crippen molar-refractivity contribution in [1.29, 1.82) is 0 Å². The maximum Gasteiger partial charge on any atom is 0.151 e. The zero-order valence-corrected chi connectivity index (χ0v) is 19.8. The lowest BCUT2D eigenvalue weighted by molar-refractivity contribution is 0.474. The Bertz CT molecular complexity index is 1480. The van der Waals surface area contributed by atoms with Crippen LogP contribution in [-0.2, 0) is 5.75 Å². The number of aliphatic imine (C=N–C) groups is 1. The molecule has 0 saturated carbocycles. The predicted molar refractivity (Wildman–Crippen MR) is 136 cm³/mol. The van der Waals surface area contributed by atoms with Crippen LogP contribution in [0.1, 0.15) is 11.1 Å². The van der Waals surface area contributed by atoms with Crippen molar-refractivity contribution in [2.45, 2.75) is 10.1 Å². The highest BCUT2D eigenvalue weighted by atomic mass is 79.9. The first-order valence-electron chi connectivity index (χ1n) is 9.79. The number of nitrogens with zero attached hydrogens (tertiary/aromatic N) is 2. The minimum atomic E-state index is -0.196. The number of aromatic nitrogens is 1. The first-order chi connectivity index (χ1) is 15.6. The molecule has 158 valence electrons. The van der Waals surface area contributed by atoms with E-state index in [0.29, 0.717) is 16.7 Å². The number of fused-ring (bicyclic) bond motifs is 2. The largest absolute Gasteiger partial charge is 0.507 e. The van der Waals surface area contributed by atoms with E-state index in [1.165, 1.54) is 6.07 Å². The van der Waals surface area contributed by atoms with Crippen LogP contribution in [0.4, 0.5) is 10.1 Å². The molecule has 3 nitrogen and oxygen atoms in total. The second kappa shape index (κ2) is 9.02. The van der Waals surface area contributed by atoms with Gasteiger partial charge in [-0.2, -0.15) is 0 Å². The molecule has 0 fully saturated rings. The third-order valence-corrected chi connectivity index (χ3v) is 7.71. The summed E-state index contributed by atoms with van der Waals surface area (Å²) in [5, 5.41) is 11.6. The van der Waals surface area contributed by atoms with Gasteiger partial charge >= 0.3 is 0 Å². The molecule has 0 bridgehead atoms. The van der Waals surface area contributed by atoms with Gasteiger partial charge in [0.05, 0.1) is 15.9 Å². The van der Waals surface area contributed by atoms with Crippen molar-refractivity contribution in [1.82, 2.24) is 4.98 Å². The van der Waals surface area contributed by atoms with Gasteiger partial charge in [-0.1, -0.05) is 58.0 Å². The smallest absolute Gasteiger partial charge is 0.151 e. The summed E-state index contributed by atoms with van der Waals surface area (Å²) in [6, 6.07) is 22.0. The lowest BCUT2D eigenvalue weighted by atomic mass is 10.1. The van der Waals surface area contributed by atoms with E-state index in [0.717, 1.165) is 35.7 Å². The van der Waals surface area contributed by atoms with Crippen LogP contribution in [-0.4, -0.2) is 16.3 Å². The number of rotatable bonds is 5. The van der Waals surface area contributed by atoms with Gasteiger partial charge in [0.25, 0.3) is 0 Å². The number of aromatic hydroxyl groups is 1. The topological polar surface area (TPSA) is 45.5 Å². The molecular weight excluding hydrogens is 507 g/mol. The number of benzene rings is 4. The van der Waals surface area contributed by atoms with Crippen LogP contribution in [0.25, 0.3) is 21.0 Å². The van der Waals surface area contributed by atoms with Gasteiger partial charge < -0.3 is 5.11 Å². The zero-order chi connectivity index (χ0) is 22.1. The van der Waals surface area contributed by atoms with Crippen molar-refractivity contribution in [3.05, 3.63) is 94.2 Å². The summed E-state index contributed by atoms with van der Waals surface area (Å²) in [4.78, 5) is 9.22. The average Bonchev–Trinajstić information content (AvgIpc) is 3.21.